The number of nitrogens with one attached hydrogen (secondary N) is 1. The number of carbonyl (C=O) groups excluding carboxylic acids is 1. The van der Waals surface area contributed by atoms with Crippen molar-refractivity contribution in [1.82, 2.24) is 10.4 Å². The summed E-state index contributed by atoms with van der Waals surface area (Å²) in [6.45, 7) is 1.70. The van der Waals surface area contributed by atoms with Crippen LogP contribution >= 0.6 is 0 Å². The molecule has 0 spiro atoms. The fourth-order valence-corrected chi connectivity index (χ4v) is 5.79. The number of ether oxygens (including phenoxy) is 3. The average molecular weight is 615 g/mol. The number of alkyl halides is 3. The summed E-state index contributed by atoms with van der Waals surface area (Å²) in [6, 6.07) is 9.98. The smallest absolute Gasteiger partial charge is 0.457 e. The Morgan fingerprint density at radius 3 is 1.85 bits per heavy atom. The van der Waals surface area contributed by atoms with E-state index in [1.165, 1.54) is 41.9 Å². The molecule has 0 aliphatic carbocycles. The van der Waals surface area contributed by atoms with E-state index in [0.29, 0.717) is 32.5 Å². The Labute approximate surface area is 229 Å². The fourth-order valence-electron chi connectivity index (χ4n) is 3.84. The molecule has 17 heteroatoms. The van der Waals surface area contributed by atoms with Gasteiger partial charge in [0.15, 0.2) is 14.6 Å². The van der Waals surface area contributed by atoms with E-state index in [2.05, 4.69) is 4.74 Å². The number of carbonyl (C=O) groups is 1. The highest BCUT2D eigenvalue weighted by Gasteiger charge is 2.52. The molecule has 2 aromatic carbocycles. The predicted octanol–water partition coefficient (Wildman–Crippen LogP) is 2.64. The lowest BCUT2D eigenvalue weighted by atomic mass is 9.95. The van der Waals surface area contributed by atoms with Gasteiger partial charge < -0.3 is 19.1 Å². The largest absolute Gasteiger partial charge is 0.573 e. The maximum atomic E-state index is 13.5. The minimum Gasteiger partial charge on any atom is -0.457 e. The number of nitrogens with zero attached hydrogens (tertiary/aromatic N) is 1. The van der Waals surface area contributed by atoms with Crippen molar-refractivity contribution in [2.45, 2.75) is 28.8 Å². The standard InChI is InChI=1S/C22H25F3N2O7S.CH4O3S/c1-32-15-14-27-12-10-21(11-13-27,20(28)26-29)35(30,31)19-8-6-17(7-9-19)33-16-2-4-18(5-3-16)34-22(23,24)25;1-5(2,3)4/h2-9,29H,10-15H2,1H3,(H,26,28);1H3,(H,2,3,4). The second-order valence-corrected chi connectivity index (χ2v) is 12.3. The monoisotopic (exact) mass is 614 g/mol. The lowest BCUT2D eigenvalue weighted by molar-refractivity contribution is -0.274. The molecule has 2 aromatic rings. The van der Waals surface area contributed by atoms with E-state index in [9.17, 15) is 40.0 Å². The van der Waals surface area contributed by atoms with Gasteiger partial charge in [-0.15, -0.1) is 13.2 Å². The number of amides is 1. The van der Waals surface area contributed by atoms with Gasteiger partial charge in [0.2, 0.25) is 0 Å². The van der Waals surface area contributed by atoms with Crippen LogP contribution in [0.3, 0.4) is 0 Å². The molecule has 0 aromatic heterocycles. The van der Waals surface area contributed by atoms with Crippen LogP contribution < -0.4 is 15.0 Å². The number of piperidine rings is 1. The summed E-state index contributed by atoms with van der Waals surface area (Å²) in [5, 5.41) is 9.27. The number of likely N-dealkylation sites (tertiary alicyclic amines) is 1. The van der Waals surface area contributed by atoms with Crippen molar-refractivity contribution < 1.29 is 58.8 Å². The van der Waals surface area contributed by atoms with Crippen LogP contribution in [0, 0.1) is 0 Å². The van der Waals surface area contributed by atoms with Gasteiger partial charge in [-0.3, -0.25) is 14.6 Å². The Bertz CT molecular complexity index is 1320. The van der Waals surface area contributed by atoms with Gasteiger partial charge in [0.25, 0.3) is 16.0 Å². The molecule has 12 nitrogen and oxygen atoms in total. The van der Waals surface area contributed by atoms with E-state index in [0.717, 1.165) is 12.1 Å². The number of methoxy groups -OCH3 is 1. The number of sulfone groups is 1. The molecule has 1 aliphatic rings. The molecule has 0 atom stereocenters. The summed E-state index contributed by atoms with van der Waals surface area (Å²) >= 11 is 0. The molecular weight excluding hydrogens is 585 g/mol. The Morgan fingerprint density at radius 1 is 0.975 bits per heavy atom. The third-order valence-electron chi connectivity index (χ3n) is 5.73. The van der Waals surface area contributed by atoms with Gasteiger partial charge in [-0.2, -0.15) is 8.42 Å². The SMILES string of the molecule is COCCN1CCC(C(=O)NO)(S(=O)(=O)c2ccc(Oc3ccc(OC(F)(F)F)cc3)cc2)CC1.CS(=O)(=O)O. The first-order valence-corrected chi connectivity index (χ1v) is 14.8. The van der Waals surface area contributed by atoms with Crippen LogP contribution in [0.2, 0.25) is 0 Å². The second-order valence-electron chi connectivity index (χ2n) is 8.60. The summed E-state index contributed by atoms with van der Waals surface area (Å²) in [6.07, 6.45) is -4.13. The van der Waals surface area contributed by atoms with Gasteiger partial charge in [-0.25, -0.2) is 13.9 Å². The van der Waals surface area contributed by atoms with Crippen molar-refractivity contribution in [3.05, 3.63) is 48.5 Å². The number of benzene rings is 2. The lowest BCUT2D eigenvalue weighted by Gasteiger charge is -2.39. The van der Waals surface area contributed by atoms with E-state index in [1.54, 1.807) is 7.11 Å². The molecule has 0 unspecified atom stereocenters. The lowest BCUT2D eigenvalue weighted by Crippen LogP contribution is -2.57. The summed E-state index contributed by atoms with van der Waals surface area (Å²) in [7, 11) is -6.31. The first-order valence-electron chi connectivity index (χ1n) is 11.5. The van der Waals surface area contributed by atoms with Gasteiger partial charge in [0, 0.05) is 26.7 Å². The minimum atomic E-state index is -4.81. The zero-order chi connectivity index (χ0) is 30.2. The number of rotatable bonds is 9. The molecule has 224 valence electrons. The van der Waals surface area contributed by atoms with Crippen molar-refractivity contribution >= 4 is 25.9 Å². The topological polar surface area (TPSA) is 169 Å². The minimum absolute atomic E-state index is 0.0178. The summed E-state index contributed by atoms with van der Waals surface area (Å²) in [5.41, 5.74) is 1.51. The van der Waals surface area contributed by atoms with Crippen molar-refractivity contribution in [1.29, 1.82) is 0 Å². The van der Waals surface area contributed by atoms with Gasteiger partial charge in [-0.05, 0) is 61.4 Å². The van der Waals surface area contributed by atoms with E-state index < -0.39 is 42.7 Å². The van der Waals surface area contributed by atoms with Crippen LogP contribution in [0.15, 0.2) is 53.4 Å². The predicted molar refractivity (Wildman–Crippen MR) is 135 cm³/mol. The Hall–Kier alpha value is -2.96. The van der Waals surface area contributed by atoms with Crippen molar-refractivity contribution in [3.8, 4) is 17.2 Å². The van der Waals surface area contributed by atoms with Crippen LogP contribution in [0.25, 0.3) is 0 Å². The van der Waals surface area contributed by atoms with Crippen LogP contribution in [0.5, 0.6) is 17.2 Å². The molecular formula is C23H29F3N2O10S2. The summed E-state index contributed by atoms with van der Waals surface area (Å²) < 4.78 is 102. The van der Waals surface area contributed by atoms with Gasteiger partial charge in [0.1, 0.15) is 17.2 Å². The molecule has 1 amide bonds. The second kappa shape index (κ2) is 13.6. The van der Waals surface area contributed by atoms with E-state index >= 15 is 0 Å². The molecule has 1 fully saturated rings. The van der Waals surface area contributed by atoms with Gasteiger partial charge in [0.05, 0.1) is 17.8 Å². The van der Waals surface area contributed by atoms with Gasteiger partial charge in [-0.1, -0.05) is 0 Å². The Kier molecular flexibility index (Phi) is 11.3. The van der Waals surface area contributed by atoms with Crippen molar-refractivity contribution in [2.24, 2.45) is 0 Å². The van der Waals surface area contributed by atoms with Crippen molar-refractivity contribution in [2.75, 3.05) is 39.6 Å². The zero-order valence-electron chi connectivity index (χ0n) is 21.4. The van der Waals surface area contributed by atoms with E-state index in [1.807, 2.05) is 4.90 Å². The van der Waals surface area contributed by atoms with Crippen molar-refractivity contribution in [3.63, 3.8) is 0 Å². The van der Waals surface area contributed by atoms with E-state index in [-0.39, 0.29) is 29.2 Å². The molecule has 3 rings (SSSR count). The number of halogens is 3. The summed E-state index contributed by atoms with van der Waals surface area (Å²) in [4.78, 5) is 14.4. The Morgan fingerprint density at radius 2 is 1.43 bits per heavy atom. The normalized spacial score (nSPS) is 15.9. The highest BCUT2D eigenvalue weighted by atomic mass is 32.2. The maximum Gasteiger partial charge on any atom is 0.573 e. The molecule has 0 saturated carbocycles. The third kappa shape index (κ3) is 9.60. The molecule has 1 saturated heterocycles. The van der Waals surface area contributed by atoms with Crippen LogP contribution in [0.1, 0.15) is 12.8 Å². The number of hydrogen-bond donors (Lipinski definition) is 3. The van der Waals surface area contributed by atoms with Crippen LogP contribution in [-0.2, 0) is 29.5 Å². The highest BCUT2D eigenvalue weighted by molar-refractivity contribution is 7.93. The van der Waals surface area contributed by atoms with E-state index in [4.69, 9.17) is 14.0 Å². The van der Waals surface area contributed by atoms with Crippen LogP contribution in [0.4, 0.5) is 13.2 Å². The Balaban J connectivity index is 0.00000103. The number of hydroxylamine groups is 1. The average Bonchev–Trinajstić information content (AvgIpc) is 2.87. The molecule has 0 radical (unpaired) electrons. The summed E-state index contributed by atoms with van der Waals surface area (Å²) in [5.74, 6) is -0.976. The quantitative estimate of drug-likeness (QED) is 0.216. The molecule has 3 N–H and O–H groups in total. The first kappa shape index (κ1) is 33.2. The zero-order valence-corrected chi connectivity index (χ0v) is 23.1. The number of hydrogen-bond acceptors (Lipinski definition) is 10. The molecule has 1 heterocycles. The van der Waals surface area contributed by atoms with Gasteiger partial charge >= 0.3 is 6.36 Å². The maximum absolute atomic E-state index is 13.5. The highest BCUT2D eigenvalue weighted by Crippen LogP contribution is 2.37. The molecule has 0 bridgehead atoms. The van der Waals surface area contributed by atoms with Crippen LogP contribution in [-0.4, -0.2) is 88.1 Å². The fraction of sp³-hybridized carbons (Fsp3) is 0.435. The molecule has 40 heavy (non-hydrogen) atoms. The first-order chi connectivity index (χ1) is 18.5. The third-order valence-corrected chi connectivity index (χ3v) is 8.25. The molecule has 1 aliphatic heterocycles.